The van der Waals surface area contributed by atoms with Crippen molar-refractivity contribution in [2.45, 2.75) is 12.5 Å². The zero-order chi connectivity index (χ0) is 28.8. The van der Waals surface area contributed by atoms with E-state index in [0.717, 1.165) is 27.8 Å². The number of nitrogens with zero attached hydrogens (tertiary/aromatic N) is 1. The number of benzene rings is 4. The van der Waals surface area contributed by atoms with E-state index in [1.165, 1.54) is 0 Å². The smallest absolute Gasteiger partial charge is 0.414 e. The van der Waals surface area contributed by atoms with Crippen LogP contribution < -0.4 is 24.4 Å². The molecule has 41 heavy (non-hydrogen) atoms. The van der Waals surface area contributed by atoms with Gasteiger partial charge in [0.05, 0.1) is 26.5 Å². The van der Waals surface area contributed by atoms with Crippen molar-refractivity contribution >= 4 is 17.7 Å². The number of amides is 2. The number of carbonyl (C=O) groups is 2. The number of carbonyl (C=O) groups excluding carboxylic acids is 2. The van der Waals surface area contributed by atoms with E-state index in [4.69, 9.17) is 18.9 Å². The van der Waals surface area contributed by atoms with E-state index in [0.29, 0.717) is 22.9 Å². The molecule has 0 saturated carbocycles. The minimum Gasteiger partial charge on any atom is -0.497 e. The van der Waals surface area contributed by atoms with Crippen LogP contribution in [0.25, 0.3) is 11.1 Å². The molecule has 0 saturated heterocycles. The zero-order valence-corrected chi connectivity index (χ0v) is 23.3. The molecule has 0 aliphatic heterocycles. The van der Waals surface area contributed by atoms with Gasteiger partial charge in [-0.3, -0.25) is 9.69 Å². The van der Waals surface area contributed by atoms with Gasteiger partial charge in [0.25, 0.3) is 5.91 Å². The van der Waals surface area contributed by atoms with Gasteiger partial charge in [-0.1, -0.05) is 60.7 Å². The predicted octanol–water partition coefficient (Wildman–Crippen LogP) is 5.78. The molecule has 8 heteroatoms. The monoisotopic (exact) mass is 552 g/mol. The molecule has 0 radical (unpaired) electrons. The molecule has 4 aromatic carbocycles. The Kier molecular flexibility index (Phi) is 8.39. The predicted molar refractivity (Wildman–Crippen MR) is 157 cm³/mol. The third kappa shape index (κ3) is 5.96. The largest absolute Gasteiger partial charge is 0.497 e. The molecule has 0 fully saturated rings. The maximum Gasteiger partial charge on any atom is 0.414 e. The maximum absolute atomic E-state index is 13.8. The van der Waals surface area contributed by atoms with E-state index in [1.54, 1.807) is 56.5 Å². The third-order valence-electron chi connectivity index (χ3n) is 7.15. The summed E-state index contributed by atoms with van der Waals surface area (Å²) in [6.45, 7) is 0.327. The first kappa shape index (κ1) is 27.6. The van der Waals surface area contributed by atoms with Crippen molar-refractivity contribution in [3.8, 4) is 28.4 Å². The van der Waals surface area contributed by atoms with Gasteiger partial charge in [0.15, 0.2) is 6.61 Å². The lowest BCUT2D eigenvalue weighted by Crippen LogP contribution is -2.32. The lowest BCUT2D eigenvalue weighted by molar-refractivity contribution is -0.122. The second kappa shape index (κ2) is 12.5. The number of hydrogen-bond donors (Lipinski definition) is 1. The van der Waals surface area contributed by atoms with E-state index >= 15 is 0 Å². The van der Waals surface area contributed by atoms with Gasteiger partial charge in [0, 0.05) is 19.0 Å². The topological polar surface area (TPSA) is 86.3 Å². The van der Waals surface area contributed by atoms with Crippen LogP contribution in [0.5, 0.6) is 17.2 Å². The average molecular weight is 553 g/mol. The van der Waals surface area contributed by atoms with Crippen LogP contribution in [0, 0.1) is 0 Å². The summed E-state index contributed by atoms with van der Waals surface area (Å²) in [6, 6.07) is 29.0. The van der Waals surface area contributed by atoms with Crippen molar-refractivity contribution in [2.24, 2.45) is 0 Å². The van der Waals surface area contributed by atoms with E-state index in [1.807, 2.05) is 36.4 Å². The molecule has 210 valence electrons. The Morgan fingerprint density at radius 3 is 2.05 bits per heavy atom. The highest BCUT2D eigenvalue weighted by molar-refractivity contribution is 5.90. The number of ether oxygens (including phenoxy) is 4. The Morgan fingerprint density at radius 2 is 1.44 bits per heavy atom. The number of rotatable bonds is 10. The highest BCUT2D eigenvalue weighted by atomic mass is 16.6. The van der Waals surface area contributed by atoms with Crippen molar-refractivity contribution in [1.82, 2.24) is 5.32 Å². The van der Waals surface area contributed by atoms with Crippen LogP contribution in [0.4, 0.5) is 10.5 Å². The third-order valence-corrected chi connectivity index (χ3v) is 7.15. The van der Waals surface area contributed by atoms with Crippen LogP contribution in [-0.4, -0.2) is 46.5 Å². The minimum atomic E-state index is -0.504. The Labute approximate surface area is 239 Å². The second-order valence-electron chi connectivity index (χ2n) is 9.53. The summed E-state index contributed by atoms with van der Waals surface area (Å²) in [5.41, 5.74) is 5.99. The van der Waals surface area contributed by atoms with Crippen LogP contribution >= 0.6 is 0 Å². The first-order chi connectivity index (χ1) is 20.0. The standard InChI is InChI=1S/C33H32N2O6/c1-34-32(36)21-40-23-14-12-22(13-15-23)19-35(30-17-16-24(38-2)18-31(30)39-3)33(37)41-20-29-27-10-6-4-8-25(27)26-9-5-7-11-28(26)29/h4-18,29H,19-21H2,1-3H3,(H,34,36). The van der Waals surface area contributed by atoms with Gasteiger partial charge in [-0.05, 0) is 52.1 Å². The van der Waals surface area contributed by atoms with Gasteiger partial charge in [-0.2, -0.15) is 0 Å². The Hall–Kier alpha value is -4.98. The van der Waals surface area contributed by atoms with Crippen molar-refractivity contribution < 1.29 is 28.5 Å². The van der Waals surface area contributed by atoms with E-state index in [9.17, 15) is 9.59 Å². The number of fused-ring (bicyclic) bond motifs is 3. The normalized spacial score (nSPS) is 11.7. The molecule has 0 aromatic heterocycles. The Morgan fingerprint density at radius 1 is 0.805 bits per heavy atom. The lowest BCUT2D eigenvalue weighted by atomic mass is 9.98. The second-order valence-corrected chi connectivity index (χ2v) is 9.53. The van der Waals surface area contributed by atoms with Gasteiger partial charge in [-0.25, -0.2) is 4.79 Å². The Bertz CT molecular complexity index is 1490. The molecule has 0 spiro atoms. The van der Waals surface area contributed by atoms with Crippen molar-refractivity contribution in [3.63, 3.8) is 0 Å². The molecule has 0 bridgehead atoms. The van der Waals surface area contributed by atoms with Crippen molar-refractivity contribution in [3.05, 3.63) is 108 Å². The van der Waals surface area contributed by atoms with Crippen LogP contribution in [-0.2, 0) is 16.1 Å². The summed E-state index contributed by atoms with van der Waals surface area (Å²) in [6.07, 6.45) is -0.504. The average Bonchev–Trinajstić information content (AvgIpc) is 3.35. The minimum absolute atomic E-state index is 0.0669. The molecule has 1 aliphatic carbocycles. The number of methoxy groups -OCH3 is 2. The number of nitrogens with one attached hydrogen (secondary N) is 1. The fraction of sp³-hybridized carbons (Fsp3) is 0.212. The van der Waals surface area contributed by atoms with E-state index in [-0.39, 0.29) is 31.6 Å². The summed E-state index contributed by atoms with van der Waals surface area (Å²) in [5, 5.41) is 2.52. The van der Waals surface area contributed by atoms with E-state index in [2.05, 4.69) is 29.6 Å². The summed E-state index contributed by atoms with van der Waals surface area (Å²) in [4.78, 5) is 26.8. The summed E-state index contributed by atoms with van der Waals surface area (Å²) in [5.74, 6) is 1.34. The van der Waals surface area contributed by atoms with Gasteiger partial charge in [-0.15, -0.1) is 0 Å². The van der Waals surface area contributed by atoms with Crippen LogP contribution in [0.3, 0.4) is 0 Å². The summed E-state index contributed by atoms with van der Waals surface area (Å²) < 4.78 is 22.5. The van der Waals surface area contributed by atoms with Gasteiger partial charge in [0.1, 0.15) is 23.9 Å². The van der Waals surface area contributed by atoms with Gasteiger partial charge < -0.3 is 24.3 Å². The molecule has 5 rings (SSSR count). The molecule has 0 heterocycles. The highest BCUT2D eigenvalue weighted by Crippen LogP contribution is 2.44. The fourth-order valence-corrected chi connectivity index (χ4v) is 5.02. The van der Waals surface area contributed by atoms with Gasteiger partial charge >= 0.3 is 6.09 Å². The van der Waals surface area contributed by atoms with Gasteiger partial charge in [0.2, 0.25) is 0 Å². The Balaban J connectivity index is 1.39. The molecule has 2 amide bonds. The fourth-order valence-electron chi connectivity index (χ4n) is 5.02. The number of anilines is 1. The van der Waals surface area contributed by atoms with Crippen LogP contribution in [0.15, 0.2) is 91.0 Å². The molecule has 4 aromatic rings. The SMILES string of the molecule is CNC(=O)COc1ccc(CN(C(=O)OCC2c3ccccc3-c3ccccc32)c2ccc(OC)cc2OC)cc1. The van der Waals surface area contributed by atoms with Crippen LogP contribution in [0.1, 0.15) is 22.6 Å². The van der Waals surface area contributed by atoms with Crippen LogP contribution in [0.2, 0.25) is 0 Å². The molecular weight excluding hydrogens is 520 g/mol. The zero-order valence-electron chi connectivity index (χ0n) is 23.3. The van der Waals surface area contributed by atoms with Crippen molar-refractivity contribution in [2.75, 3.05) is 39.4 Å². The lowest BCUT2D eigenvalue weighted by Gasteiger charge is -2.25. The quantitative estimate of drug-likeness (QED) is 0.268. The number of likely N-dealkylation sites (N-methyl/N-ethyl adjacent to an activating group) is 1. The first-order valence-electron chi connectivity index (χ1n) is 13.3. The molecule has 8 nitrogen and oxygen atoms in total. The first-order valence-corrected chi connectivity index (χ1v) is 13.3. The molecule has 0 atom stereocenters. The molecular formula is C33H32N2O6. The van der Waals surface area contributed by atoms with Crippen molar-refractivity contribution in [1.29, 1.82) is 0 Å². The molecule has 0 unspecified atom stereocenters. The van der Waals surface area contributed by atoms with E-state index < -0.39 is 6.09 Å². The highest BCUT2D eigenvalue weighted by Gasteiger charge is 2.30. The summed E-state index contributed by atoms with van der Waals surface area (Å²) >= 11 is 0. The summed E-state index contributed by atoms with van der Waals surface area (Å²) in [7, 11) is 4.68. The molecule has 1 N–H and O–H groups in total. The number of hydrogen-bond acceptors (Lipinski definition) is 6. The maximum atomic E-state index is 13.8. The molecule has 1 aliphatic rings.